The lowest BCUT2D eigenvalue weighted by Crippen LogP contribution is -2.21. The molecule has 1 rings (SSSR count). The van der Waals surface area contributed by atoms with Gasteiger partial charge >= 0.3 is 5.97 Å². The molecule has 1 aromatic carbocycles. The van der Waals surface area contributed by atoms with Crippen LogP contribution in [0.25, 0.3) is 0 Å². The van der Waals surface area contributed by atoms with E-state index in [2.05, 4.69) is 5.32 Å². The van der Waals surface area contributed by atoms with Crippen molar-refractivity contribution in [3.05, 3.63) is 34.6 Å². The van der Waals surface area contributed by atoms with Gasteiger partial charge in [-0.3, -0.25) is 4.79 Å². The molecule has 3 nitrogen and oxygen atoms in total. The standard InChI is InChI=1S/C13H17ClFNO2/c1-9(16-8-3-2-7-12(17)18)13-10(14)5-4-6-11(13)15/h4-6,9,16H,2-3,7-8H2,1H3,(H,17,18). The largest absolute Gasteiger partial charge is 0.481 e. The SMILES string of the molecule is CC(NCCCCC(=O)O)c1c(F)cccc1Cl. The molecular weight excluding hydrogens is 257 g/mol. The van der Waals surface area contributed by atoms with Crippen molar-refractivity contribution < 1.29 is 14.3 Å². The summed E-state index contributed by atoms with van der Waals surface area (Å²) in [7, 11) is 0. The van der Waals surface area contributed by atoms with Crippen molar-refractivity contribution in [2.75, 3.05) is 6.54 Å². The second kappa shape index (κ2) is 7.34. The molecule has 0 saturated heterocycles. The minimum atomic E-state index is -0.791. The van der Waals surface area contributed by atoms with Crippen LogP contribution < -0.4 is 5.32 Å². The summed E-state index contributed by atoms with van der Waals surface area (Å²) in [4.78, 5) is 10.3. The Labute approximate surface area is 111 Å². The van der Waals surface area contributed by atoms with Crippen molar-refractivity contribution in [2.24, 2.45) is 0 Å². The predicted molar refractivity (Wildman–Crippen MR) is 69.3 cm³/mol. The summed E-state index contributed by atoms with van der Waals surface area (Å²) >= 11 is 5.95. The fourth-order valence-corrected chi connectivity index (χ4v) is 2.07. The van der Waals surface area contributed by atoms with Gasteiger partial charge in [-0.25, -0.2) is 4.39 Å². The molecule has 0 aliphatic heterocycles. The van der Waals surface area contributed by atoms with Crippen molar-refractivity contribution in [2.45, 2.75) is 32.2 Å². The summed E-state index contributed by atoms with van der Waals surface area (Å²) < 4.78 is 13.6. The molecule has 0 saturated carbocycles. The number of aliphatic carboxylic acids is 1. The van der Waals surface area contributed by atoms with Gasteiger partial charge < -0.3 is 10.4 Å². The van der Waals surface area contributed by atoms with Crippen LogP contribution in [0.2, 0.25) is 5.02 Å². The van der Waals surface area contributed by atoms with Crippen molar-refractivity contribution in [1.82, 2.24) is 5.32 Å². The van der Waals surface area contributed by atoms with E-state index in [0.717, 1.165) is 6.42 Å². The Kier molecular flexibility index (Phi) is 6.09. The molecule has 0 heterocycles. The van der Waals surface area contributed by atoms with Gasteiger partial charge in [0.1, 0.15) is 5.82 Å². The Morgan fingerprint density at radius 1 is 1.50 bits per heavy atom. The van der Waals surface area contributed by atoms with Crippen molar-refractivity contribution in [1.29, 1.82) is 0 Å². The molecule has 0 bridgehead atoms. The molecule has 1 aromatic rings. The van der Waals surface area contributed by atoms with Gasteiger partial charge in [-0.05, 0) is 38.4 Å². The maximum Gasteiger partial charge on any atom is 0.303 e. The molecule has 0 radical (unpaired) electrons. The number of nitrogens with one attached hydrogen (secondary N) is 1. The second-order valence-corrected chi connectivity index (χ2v) is 4.57. The van der Waals surface area contributed by atoms with Crippen LogP contribution in [0.1, 0.15) is 37.8 Å². The predicted octanol–water partition coefficient (Wildman–Crippen LogP) is 3.38. The van der Waals surface area contributed by atoms with Gasteiger partial charge in [-0.2, -0.15) is 0 Å². The fraction of sp³-hybridized carbons (Fsp3) is 0.462. The topological polar surface area (TPSA) is 49.3 Å². The molecule has 0 spiro atoms. The second-order valence-electron chi connectivity index (χ2n) is 4.16. The average molecular weight is 274 g/mol. The molecule has 5 heteroatoms. The molecule has 2 N–H and O–H groups in total. The number of carbonyl (C=O) groups is 1. The highest BCUT2D eigenvalue weighted by Gasteiger charge is 2.13. The van der Waals surface area contributed by atoms with Crippen molar-refractivity contribution in [3.8, 4) is 0 Å². The molecule has 0 aromatic heterocycles. The van der Waals surface area contributed by atoms with Gasteiger partial charge in [0, 0.05) is 23.0 Å². The molecular formula is C13H17ClFNO2. The number of carboxylic acids is 1. The molecule has 0 aliphatic carbocycles. The summed E-state index contributed by atoms with van der Waals surface area (Å²) in [5.74, 6) is -1.12. The number of carboxylic acid groups (broad SMARTS) is 1. The van der Waals surface area contributed by atoms with Crippen LogP contribution >= 0.6 is 11.6 Å². The number of halogens is 2. The first kappa shape index (κ1) is 14.9. The Morgan fingerprint density at radius 2 is 2.22 bits per heavy atom. The van der Waals surface area contributed by atoms with E-state index in [1.807, 2.05) is 6.92 Å². The quantitative estimate of drug-likeness (QED) is 0.749. The van der Waals surface area contributed by atoms with Crippen LogP contribution in [0, 0.1) is 5.82 Å². The van der Waals surface area contributed by atoms with Gasteiger partial charge in [0.05, 0.1) is 0 Å². The van der Waals surface area contributed by atoms with E-state index in [9.17, 15) is 9.18 Å². The molecule has 0 fully saturated rings. The van der Waals surface area contributed by atoms with E-state index in [4.69, 9.17) is 16.7 Å². The van der Waals surface area contributed by atoms with Gasteiger partial charge in [-0.1, -0.05) is 17.7 Å². The van der Waals surface area contributed by atoms with E-state index >= 15 is 0 Å². The third-order valence-corrected chi connectivity index (χ3v) is 3.03. The minimum Gasteiger partial charge on any atom is -0.481 e. The lowest BCUT2D eigenvalue weighted by Gasteiger charge is -2.16. The zero-order valence-electron chi connectivity index (χ0n) is 10.2. The monoisotopic (exact) mass is 273 g/mol. The highest BCUT2D eigenvalue weighted by molar-refractivity contribution is 6.31. The fourth-order valence-electron chi connectivity index (χ4n) is 1.75. The number of unbranched alkanes of at least 4 members (excludes halogenated alkanes) is 1. The molecule has 100 valence electrons. The Bertz CT molecular complexity index is 392. The van der Waals surface area contributed by atoms with E-state index in [0.29, 0.717) is 23.6 Å². The summed E-state index contributed by atoms with van der Waals surface area (Å²) in [5, 5.41) is 12.0. The third kappa shape index (κ3) is 4.63. The van der Waals surface area contributed by atoms with Crippen molar-refractivity contribution in [3.63, 3.8) is 0 Å². The minimum absolute atomic E-state index is 0.163. The first-order chi connectivity index (χ1) is 8.52. The number of hydrogen-bond donors (Lipinski definition) is 2. The van der Waals surface area contributed by atoms with E-state index in [1.54, 1.807) is 12.1 Å². The first-order valence-corrected chi connectivity index (χ1v) is 6.29. The maximum atomic E-state index is 13.6. The smallest absolute Gasteiger partial charge is 0.303 e. The number of benzene rings is 1. The number of hydrogen-bond acceptors (Lipinski definition) is 2. The summed E-state index contributed by atoms with van der Waals surface area (Å²) in [5.41, 5.74) is 0.456. The lowest BCUT2D eigenvalue weighted by atomic mass is 10.1. The lowest BCUT2D eigenvalue weighted by molar-refractivity contribution is -0.137. The van der Waals surface area contributed by atoms with Gasteiger partial charge in [-0.15, -0.1) is 0 Å². The summed E-state index contributed by atoms with van der Waals surface area (Å²) in [6, 6.07) is 4.41. The highest BCUT2D eigenvalue weighted by Crippen LogP contribution is 2.25. The highest BCUT2D eigenvalue weighted by atomic mass is 35.5. The van der Waals surface area contributed by atoms with Crippen molar-refractivity contribution >= 4 is 17.6 Å². The van der Waals surface area contributed by atoms with Gasteiger partial charge in [0.25, 0.3) is 0 Å². The van der Waals surface area contributed by atoms with Gasteiger partial charge in [0.2, 0.25) is 0 Å². The molecule has 0 aliphatic rings. The van der Waals surface area contributed by atoms with Gasteiger partial charge in [0.15, 0.2) is 0 Å². The third-order valence-electron chi connectivity index (χ3n) is 2.70. The Morgan fingerprint density at radius 3 is 2.83 bits per heavy atom. The zero-order valence-corrected chi connectivity index (χ0v) is 11.0. The molecule has 1 atom stereocenters. The Balaban J connectivity index is 2.41. The first-order valence-electron chi connectivity index (χ1n) is 5.91. The normalized spacial score (nSPS) is 12.4. The summed E-state index contributed by atoms with van der Waals surface area (Å²) in [6.45, 7) is 2.47. The van der Waals surface area contributed by atoms with Crippen LogP contribution in [0.15, 0.2) is 18.2 Å². The van der Waals surface area contributed by atoms with E-state index in [1.165, 1.54) is 6.07 Å². The number of rotatable bonds is 7. The molecule has 1 unspecified atom stereocenters. The summed E-state index contributed by atoms with van der Waals surface area (Å²) in [6.07, 6.45) is 1.51. The molecule has 0 amide bonds. The van der Waals surface area contributed by atoms with Crippen LogP contribution in [-0.2, 0) is 4.79 Å². The van der Waals surface area contributed by atoms with E-state index in [-0.39, 0.29) is 18.3 Å². The average Bonchev–Trinajstić information content (AvgIpc) is 2.27. The van der Waals surface area contributed by atoms with Crippen LogP contribution in [0.5, 0.6) is 0 Å². The van der Waals surface area contributed by atoms with Crippen LogP contribution in [-0.4, -0.2) is 17.6 Å². The van der Waals surface area contributed by atoms with Crippen LogP contribution in [0.3, 0.4) is 0 Å². The molecule has 18 heavy (non-hydrogen) atoms. The maximum absolute atomic E-state index is 13.6. The van der Waals surface area contributed by atoms with Crippen LogP contribution in [0.4, 0.5) is 4.39 Å². The van der Waals surface area contributed by atoms with E-state index < -0.39 is 5.97 Å². The Hall–Kier alpha value is -1.13. The zero-order chi connectivity index (χ0) is 13.5.